The van der Waals surface area contributed by atoms with Crippen LogP contribution < -0.4 is 14.2 Å². The minimum Gasteiger partial charge on any atom is -0.497 e. The van der Waals surface area contributed by atoms with Crippen LogP contribution in [0.5, 0.6) is 17.2 Å². The van der Waals surface area contributed by atoms with Crippen molar-refractivity contribution in [2.24, 2.45) is 0 Å². The van der Waals surface area contributed by atoms with E-state index >= 15 is 0 Å². The first-order chi connectivity index (χ1) is 14.0. The normalized spacial score (nSPS) is 13.9. The van der Waals surface area contributed by atoms with Crippen LogP contribution in [0.15, 0.2) is 66.4 Å². The molecular weight excluding hydrogens is 395 g/mol. The van der Waals surface area contributed by atoms with E-state index in [0.717, 1.165) is 11.3 Å². The Kier molecular flexibility index (Phi) is 5.23. The van der Waals surface area contributed by atoms with Crippen LogP contribution >= 0.6 is 11.6 Å². The van der Waals surface area contributed by atoms with E-state index in [1.807, 2.05) is 24.3 Å². The van der Waals surface area contributed by atoms with Gasteiger partial charge < -0.3 is 14.2 Å². The summed E-state index contributed by atoms with van der Waals surface area (Å²) < 4.78 is 30.7. The summed E-state index contributed by atoms with van der Waals surface area (Å²) in [6.45, 7) is 0.331. The molecule has 3 aromatic carbocycles. The lowest BCUT2D eigenvalue weighted by molar-refractivity contribution is 0.101. The van der Waals surface area contributed by atoms with E-state index < -0.39 is 5.82 Å². The van der Waals surface area contributed by atoms with Gasteiger partial charge >= 0.3 is 0 Å². The molecule has 3 aromatic rings. The van der Waals surface area contributed by atoms with Crippen LogP contribution in [-0.4, -0.2) is 12.9 Å². The zero-order valence-electron chi connectivity index (χ0n) is 15.4. The second-order valence-corrected chi connectivity index (χ2v) is 6.78. The molecule has 0 atom stereocenters. The van der Waals surface area contributed by atoms with Crippen molar-refractivity contribution in [1.29, 1.82) is 0 Å². The minimum absolute atomic E-state index is 0.0111. The number of hydrogen-bond donors (Lipinski definition) is 0. The van der Waals surface area contributed by atoms with Crippen LogP contribution in [0.3, 0.4) is 0 Å². The molecular formula is C23H16ClFO4. The highest BCUT2D eigenvalue weighted by molar-refractivity contribution is 6.32. The number of benzene rings is 3. The average molecular weight is 411 g/mol. The molecule has 0 radical (unpaired) electrons. The third-order valence-corrected chi connectivity index (χ3v) is 4.79. The number of ether oxygens (including phenoxy) is 3. The Morgan fingerprint density at radius 1 is 1.07 bits per heavy atom. The van der Waals surface area contributed by atoms with Crippen LogP contribution in [0.2, 0.25) is 5.02 Å². The molecule has 4 rings (SSSR count). The number of carbonyl (C=O) groups excluding carboxylic acids is 1. The first kappa shape index (κ1) is 19.0. The fourth-order valence-electron chi connectivity index (χ4n) is 2.97. The van der Waals surface area contributed by atoms with Gasteiger partial charge in [-0.05, 0) is 48.0 Å². The first-order valence-corrected chi connectivity index (χ1v) is 9.21. The number of hydrogen-bond acceptors (Lipinski definition) is 4. The zero-order chi connectivity index (χ0) is 20.4. The number of carbonyl (C=O) groups is 1. The summed E-state index contributed by atoms with van der Waals surface area (Å²) in [6.07, 6.45) is 1.32. The van der Waals surface area contributed by atoms with Gasteiger partial charge in [0.2, 0.25) is 5.78 Å². The van der Waals surface area contributed by atoms with Crippen LogP contribution in [0.1, 0.15) is 21.5 Å². The van der Waals surface area contributed by atoms with Gasteiger partial charge in [0, 0.05) is 11.6 Å². The van der Waals surface area contributed by atoms with E-state index in [1.54, 1.807) is 31.4 Å². The molecule has 0 bridgehead atoms. The smallest absolute Gasteiger partial charge is 0.231 e. The zero-order valence-corrected chi connectivity index (χ0v) is 16.2. The summed E-state index contributed by atoms with van der Waals surface area (Å²) in [5.74, 6) is 0.798. The summed E-state index contributed by atoms with van der Waals surface area (Å²) in [4.78, 5) is 12.6. The van der Waals surface area contributed by atoms with Crippen LogP contribution in [0, 0.1) is 5.82 Å². The molecule has 4 nitrogen and oxygen atoms in total. The van der Waals surface area contributed by atoms with Crippen molar-refractivity contribution in [3.05, 3.63) is 94.0 Å². The van der Waals surface area contributed by atoms with Gasteiger partial charge in [0.1, 0.15) is 29.7 Å². The molecule has 6 heteroatoms. The molecule has 29 heavy (non-hydrogen) atoms. The number of ketones is 1. The Morgan fingerprint density at radius 3 is 2.69 bits per heavy atom. The highest BCUT2D eigenvalue weighted by Gasteiger charge is 2.28. The molecule has 146 valence electrons. The van der Waals surface area contributed by atoms with Crippen molar-refractivity contribution in [1.82, 2.24) is 0 Å². The maximum atomic E-state index is 14.0. The maximum absolute atomic E-state index is 14.0. The van der Waals surface area contributed by atoms with E-state index in [-0.39, 0.29) is 22.1 Å². The van der Waals surface area contributed by atoms with Crippen LogP contribution in [-0.2, 0) is 6.61 Å². The molecule has 1 heterocycles. The SMILES string of the molecule is COc1cccc(COc2ccc3c(c2)O/C(=C/c2c(F)cccc2Cl)C3=O)c1. The Bertz CT molecular complexity index is 1100. The molecule has 0 aromatic heterocycles. The Labute approximate surface area is 172 Å². The summed E-state index contributed by atoms with van der Waals surface area (Å²) in [5, 5.41) is 0.201. The number of rotatable bonds is 5. The number of fused-ring (bicyclic) bond motifs is 1. The number of methoxy groups -OCH3 is 1. The Hall–Kier alpha value is -3.31. The Balaban J connectivity index is 1.53. The highest BCUT2D eigenvalue weighted by Crippen LogP contribution is 2.36. The molecule has 1 aliphatic heterocycles. The van der Waals surface area contributed by atoms with Crippen molar-refractivity contribution in [2.45, 2.75) is 6.61 Å². The summed E-state index contributed by atoms with van der Waals surface area (Å²) in [6, 6.07) is 16.8. The fraction of sp³-hybridized carbons (Fsp3) is 0.0870. The molecule has 0 saturated heterocycles. The number of halogens is 2. The summed E-state index contributed by atoms with van der Waals surface area (Å²) in [7, 11) is 1.61. The maximum Gasteiger partial charge on any atom is 0.231 e. The molecule has 0 N–H and O–H groups in total. The van der Waals surface area contributed by atoms with E-state index in [1.165, 1.54) is 18.2 Å². The van der Waals surface area contributed by atoms with Crippen LogP contribution in [0.4, 0.5) is 4.39 Å². The van der Waals surface area contributed by atoms with Crippen LogP contribution in [0.25, 0.3) is 6.08 Å². The highest BCUT2D eigenvalue weighted by atomic mass is 35.5. The van der Waals surface area contributed by atoms with E-state index in [2.05, 4.69) is 0 Å². The molecule has 0 spiro atoms. The predicted molar refractivity (Wildman–Crippen MR) is 108 cm³/mol. The molecule has 0 aliphatic carbocycles. The number of allylic oxidation sites excluding steroid dienone is 1. The summed E-state index contributed by atoms with van der Waals surface area (Å²) >= 11 is 6.03. The molecule has 0 saturated carbocycles. The quantitative estimate of drug-likeness (QED) is 0.507. The van der Waals surface area contributed by atoms with E-state index in [4.69, 9.17) is 25.8 Å². The molecule has 0 fully saturated rings. The molecule has 0 unspecified atom stereocenters. The van der Waals surface area contributed by atoms with Crippen molar-refractivity contribution in [3.8, 4) is 17.2 Å². The van der Waals surface area contributed by atoms with Crippen molar-refractivity contribution < 1.29 is 23.4 Å². The third kappa shape index (κ3) is 3.96. The van der Waals surface area contributed by atoms with E-state index in [9.17, 15) is 9.18 Å². The lowest BCUT2D eigenvalue weighted by Crippen LogP contribution is -1.99. The van der Waals surface area contributed by atoms with Gasteiger partial charge in [0.05, 0.1) is 17.7 Å². The van der Waals surface area contributed by atoms with Gasteiger partial charge in [-0.1, -0.05) is 29.8 Å². The lowest BCUT2D eigenvalue weighted by Gasteiger charge is -2.08. The average Bonchev–Trinajstić information content (AvgIpc) is 3.04. The fourth-order valence-corrected chi connectivity index (χ4v) is 3.18. The topological polar surface area (TPSA) is 44.8 Å². The lowest BCUT2D eigenvalue weighted by atomic mass is 10.1. The Morgan fingerprint density at radius 2 is 1.90 bits per heavy atom. The first-order valence-electron chi connectivity index (χ1n) is 8.83. The van der Waals surface area contributed by atoms with E-state index in [0.29, 0.717) is 23.7 Å². The standard InChI is InChI=1S/C23H16ClFO4/c1-27-15-5-2-4-14(10-15)13-28-16-8-9-17-21(11-16)29-22(23(17)26)12-18-19(24)6-3-7-20(18)25/h2-12H,13H2,1H3/b22-12+. The van der Waals surface area contributed by atoms with Gasteiger partial charge in [-0.15, -0.1) is 0 Å². The van der Waals surface area contributed by atoms with Crippen molar-refractivity contribution in [3.63, 3.8) is 0 Å². The van der Waals surface area contributed by atoms with Crippen molar-refractivity contribution in [2.75, 3.05) is 7.11 Å². The third-order valence-electron chi connectivity index (χ3n) is 4.46. The largest absolute Gasteiger partial charge is 0.497 e. The van der Waals surface area contributed by atoms with Gasteiger partial charge in [-0.2, -0.15) is 0 Å². The minimum atomic E-state index is -0.528. The van der Waals surface area contributed by atoms with Crippen molar-refractivity contribution >= 4 is 23.5 Å². The van der Waals surface area contributed by atoms with Gasteiger partial charge in [0.15, 0.2) is 5.76 Å². The summed E-state index contributed by atoms with van der Waals surface area (Å²) in [5.41, 5.74) is 1.44. The van der Waals surface area contributed by atoms with Gasteiger partial charge in [0.25, 0.3) is 0 Å². The van der Waals surface area contributed by atoms with Gasteiger partial charge in [-0.25, -0.2) is 4.39 Å². The monoisotopic (exact) mass is 410 g/mol. The second kappa shape index (κ2) is 7.97. The second-order valence-electron chi connectivity index (χ2n) is 6.37. The van der Waals surface area contributed by atoms with Gasteiger partial charge in [-0.3, -0.25) is 4.79 Å². The number of Topliss-reactive ketones (excluding diaryl/α,β-unsaturated/α-hetero) is 1. The predicted octanol–water partition coefficient (Wildman–Crippen LogP) is 5.68. The molecule has 0 amide bonds. The molecule has 1 aliphatic rings.